The summed E-state index contributed by atoms with van der Waals surface area (Å²) in [6.07, 6.45) is 5.75. The van der Waals surface area contributed by atoms with Gasteiger partial charge in [-0.15, -0.1) is 0 Å². The molecule has 18 heavy (non-hydrogen) atoms. The molecule has 1 aromatic heterocycles. The molecule has 0 saturated carbocycles. The van der Waals surface area contributed by atoms with Crippen molar-refractivity contribution in [2.75, 3.05) is 18.0 Å². The van der Waals surface area contributed by atoms with Crippen molar-refractivity contribution in [1.29, 1.82) is 0 Å². The van der Waals surface area contributed by atoms with Crippen molar-refractivity contribution in [2.45, 2.75) is 32.1 Å². The number of anilines is 1. The lowest BCUT2D eigenvalue weighted by molar-refractivity contribution is 0.632. The number of pyridine rings is 1. The van der Waals surface area contributed by atoms with E-state index in [2.05, 4.69) is 35.0 Å². The fourth-order valence-corrected chi connectivity index (χ4v) is 3.57. The van der Waals surface area contributed by atoms with Gasteiger partial charge in [-0.3, -0.25) is 4.98 Å². The molecule has 4 rings (SSSR count). The molecular weight excluding hydrogens is 220 g/mol. The van der Waals surface area contributed by atoms with Crippen LogP contribution in [0.4, 0.5) is 5.69 Å². The number of nitrogens with zero attached hydrogens (tertiary/aromatic N) is 2. The minimum Gasteiger partial charge on any atom is -0.371 e. The van der Waals surface area contributed by atoms with Crippen LogP contribution in [0.25, 0.3) is 10.9 Å². The lowest BCUT2D eigenvalue weighted by Gasteiger charge is -2.31. The highest BCUT2D eigenvalue weighted by Crippen LogP contribution is 2.41. The van der Waals surface area contributed by atoms with Gasteiger partial charge in [-0.1, -0.05) is 13.0 Å². The summed E-state index contributed by atoms with van der Waals surface area (Å²) in [4.78, 5) is 7.16. The van der Waals surface area contributed by atoms with E-state index in [0.717, 1.165) is 0 Å². The van der Waals surface area contributed by atoms with E-state index in [4.69, 9.17) is 0 Å². The molecule has 0 aliphatic carbocycles. The quantitative estimate of drug-likeness (QED) is 0.698. The molecule has 2 aliphatic rings. The summed E-state index contributed by atoms with van der Waals surface area (Å²) >= 11 is 0. The average Bonchev–Trinajstić information content (AvgIpc) is 2.57. The number of aromatic nitrogens is 1. The fourth-order valence-electron chi connectivity index (χ4n) is 3.57. The maximum atomic E-state index is 4.57. The Bertz CT molecular complexity index is 618. The van der Waals surface area contributed by atoms with Gasteiger partial charge in [-0.2, -0.15) is 0 Å². The SMILES string of the molecule is CC1CCN2CCCc3ccc4nccc1c4c32. The smallest absolute Gasteiger partial charge is 0.0725 e. The van der Waals surface area contributed by atoms with Gasteiger partial charge in [0.1, 0.15) is 0 Å². The average molecular weight is 238 g/mol. The second kappa shape index (κ2) is 3.71. The lowest BCUT2D eigenvalue weighted by Crippen LogP contribution is -2.29. The number of rotatable bonds is 0. The zero-order valence-corrected chi connectivity index (χ0v) is 10.8. The van der Waals surface area contributed by atoms with Crippen molar-refractivity contribution >= 4 is 16.6 Å². The predicted octanol–water partition coefficient (Wildman–Crippen LogP) is 3.49. The highest BCUT2D eigenvalue weighted by atomic mass is 15.1. The highest BCUT2D eigenvalue weighted by Gasteiger charge is 2.26. The van der Waals surface area contributed by atoms with Crippen molar-refractivity contribution in [3.8, 4) is 0 Å². The molecular formula is C16H18N2. The van der Waals surface area contributed by atoms with Gasteiger partial charge in [-0.05, 0) is 48.4 Å². The van der Waals surface area contributed by atoms with Crippen LogP contribution >= 0.6 is 0 Å². The molecule has 92 valence electrons. The van der Waals surface area contributed by atoms with E-state index in [9.17, 15) is 0 Å². The van der Waals surface area contributed by atoms with Gasteiger partial charge in [0.05, 0.1) is 5.52 Å². The molecule has 0 amide bonds. The van der Waals surface area contributed by atoms with Crippen molar-refractivity contribution < 1.29 is 0 Å². The number of aryl methyl sites for hydroxylation is 1. The Morgan fingerprint density at radius 3 is 3.11 bits per heavy atom. The number of hydrogen-bond donors (Lipinski definition) is 0. The Morgan fingerprint density at radius 1 is 1.22 bits per heavy atom. The second-order valence-electron chi connectivity index (χ2n) is 5.65. The summed E-state index contributed by atoms with van der Waals surface area (Å²) in [5, 5.41) is 1.43. The summed E-state index contributed by atoms with van der Waals surface area (Å²) in [5.74, 6) is 0.646. The summed E-state index contributed by atoms with van der Waals surface area (Å²) in [5.41, 5.74) is 5.69. The molecule has 2 heteroatoms. The van der Waals surface area contributed by atoms with Crippen LogP contribution in [0.3, 0.4) is 0 Å². The van der Waals surface area contributed by atoms with Crippen LogP contribution in [0.1, 0.15) is 36.8 Å². The Kier molecular flexibility index (Phi) is 2.14. The first kappa shape index (κ1) is 10.4. The third-order valence-corrected chi connectivity index (χ3v) is 4.55. The zero-order chi connectivity index (χ0) is 12.1. The minimum absolute atomic E-state index is 0.646. The Labute approximate surface area is 108 Å². The van der Waals surface area contributed by atoms with E-state index in [1.54, 1.807) is 0 Å². The molecule has 2 aliphatic heterocycles. The third kappa shape index (κ3) is 1.32. The van der Waals surface area contributed by atoms with Crippen LogP contribution in [0, 0.1) is 0 Å². The van der Waals surface area contributed by atoms with E-state index >= 15 is 0 Å². The second-order valence-corrected chi connectivity index (χ2v) is 5.65. The predicted molar refractivity (Wildman–Crippen MR) is 75.3 cm³/mol. The molecule has 1 unspecified atom stereocenters. The molecule has 2 nitrogen and oxygen atoms in total. The van der Waals surface area contributed by atoms with Gasteiger partial charge in [-0.25, -0.2) is 0 Å². The molecule has 0 bridgehead atoms. The molecule has 2 aromatic rings. The molecule has 0 spiro atoms. The van der Waals surface area contributed by atoms with Crippen LogP contribution < -0.4 is 4.90 Å². The summed E-state index contributed by atoms with van der Waals surface area (Å²) in [6, 6.07) is 6.72. The molecule has 0 saturated heterocycles. The monoisotopic (exact) mass is 238 g/mol. The third-order valence-electron chi connectivity index (χ3n) is 4.55. The normalized spacial score (nSPS) is 22.1. The first-order chi connectivity index (χ1) is 8.84. The summed E-state index contributed by atoms with van der Waals surface area (Å²) in [6.45, 7) is 4.77. The van der Waals surface area contributed by atoms with Crippen LogP contribution in [-0.4, -0.2) is 18.1 Å². The summed E-state index contributed by atoms with van der Waals surface area (Å²) < 4.78 is 0. The van der Waals surface area contributed by atoms with Gasteiger partial charge in [0.15, 0.2) is 0 Å². The van der Waals surface area contributed by atoms with Gasteiger partial charge >= 0.3 is 0 Å². The fraction of sp³-hybridized carbons (Fsp3) is 0.438. The topological polar surface area (TPSA) is 16.1 Å². The first-order valence-electron chi connectivity index (χ1n) is 7.00. The Morgan fingerprint density at radius 2 is 2.17 bits per heavy atom. The summed E-state index contributed by atoms with van der Waals surface area (Å²) in [7, 11) is 0. The standard InChI is InChI=1S/C16H18N2/c1-11-7-10-18-9-2-3-12-4-5-14-15(16(12)18)13(11)6-8-17-14/h4-6,8,11H,2-3,7,9-10H2,1H3. The maximum Gasteiger partial charge on any atom is 0.0725 e. The van der Waals surface area contributed by atoms with E-state index in [0.29, 0.717) is 5.92 Å². The highest BCUT2D eigenvalue weighted by molar-refractivity contribution is 5.97. The van der Waals surface area contributed by atoms with E-state index in [1.165, 1.54) is 60.1 Å². The molecule has 0 N–H and O–H groups in total. The van der Waals surface area contributed by atoms with Crippen LogP contribution in [0.2, 0.25) is 0 Å². The van der Waals surface area contributed by atoms with Crippen molar-refractivity contribution in [1.82, 2.24) is 4.98 Å². The molecule has 1 aromatic carbocycles. The molecule has 3 heterocycles. The first-order valence-corrected chi connectivity index (χ1v) is 7.00. The van der Waals surface area contributed by atoms with Crippen molar-refractivity contribution in [3.63, 3.8) is 0 Å². The Balaban J connectivity index is 2.14. The van der Waals surface area contributed by atoms with Gasteiger partial charge in [0.25, 0.3) is 0 Å². The maximum absolute atomic E-state index is 4.57. The van der Waals surface area contributed by atoms with E-state index < -0.39 is 0 Å². The number of benzene rings is 1. The lowest BCUT2D eigenvalue weighted by atomic mass is 9.93. The van der Waals surface area contributed by atoms with Gasteiger partial charge in [0.2, 0.25) is 0 Å². The van der Waals surface area contributed by atoms with Crippen molar-refractivity contribution in [3.05, 3.63) is 35.5 Å². The largest absolute Gasteiger partial charge is 0.371 e. The number of hydrogen-bond acceptors (Lipinski definition) is 2. The van der Waals surface area contributed by atoms with Gasteiger partial charge < -0.3 is 4.90 Å². The molecule has 0 fully saturated rings. The van der Waals surface area contributed by atoms with E-state index in [1.807, 2.05) is 6.20 Å². The minimum atomic E-state index is 0.646. The Hall–Kier alpha value is -1.57. The zero-order valence-electron chi connectivity index (χ0n) is 10.8. The van der Waals surface area contributed by atoms with Crippen LogP contribution in [0.15, 0.2) is 24.4 Å². The van der Waals surface area contributed by atoms with Gasteiger partial charge in [0, 0.05) is 30.4 Å². The van der Waals surface area contributed by atoms with Crippen molar-refractivity contribution in [2.24, 2.45) is 0 Å². The van der Waals surface area contributed by atoms with E-state index in [-0.39, 0.29) is 0 Å². The van der Waals surface area contributed by atoms with Crippen LogP contribution in [0.5, 0.6) is 0 Å². The molecule has 1 atom stereocenters. The van der Waals surface area contributed by atoms with Crippen LogP contribution in [-0.2, 0) is 6.42 Å². The molecule has 0 radical (unpaired) electrons.